The van der Waals surface area contributed by atoms with Crippen molar-refractivity contribution in [2.75, 3.05) is 12.4 Å². The zero-order chi connectivity index (χ0) is 23.2. The summed E-state index contributed by atoms with van der Waals surface area (Å²) >= 11 is 0. The Morgan fingerprint density at radius 3 is 2.52 bits per heavy atom. The third-order valence-corrected chi connectivity index (χ3v) is 5.35. The Morgan fingerprint density at radius 1 is 0.939 bits per heavy atom. The van der Waals surface area contributed by atoms with Gasteiger partial charge in [-0.05, 0) is 49.7 Å². The predicted molar refractivity (Wildman–Crippen MR) is 131 cm³/mol. The summed E-state index contributed by atoms with van der Waals surface area (Å²) in [5, 5.41) is 6.32. The first-order valence-electron chi connectivity index (χ1n) is 10.7. The number of hydrogen-bond acceptors (Lipinski definition) is 5. The monoisotopic (exact) mass is 438 g/mol. The fourth-order valence-corrected chi connectivity index (χ4v) is 3.47. The van der Waals surface area contributed by atoms with E-state index >= 15 is 0 Å². The molecule has 1 atom stereocenters. The molecule has 0 aliphatic rings. The molecule has 166 valence electrons. The summed E-state index contributed by atoms with van der Waals surface area (Å²) in [7, 11) is 1.63. The topological polar surface area (TPSA) is 76.1 Å². The smallest absolute Gasteiger partial charge is 0.251 e. The van der Waals surface area contributed by atoms with Crippen molar-refractivity contribution < 1.29 is 9.53 Å². The van der Waals surface area contributed by atoms with Gasteiger partial charge in [0.05, 0.1) is 18.8 Å². The number of anilines is 2. The number of carbonyl (C=O) groups is 1. The van der Waals surface area contributed by atoms with Crippen LogP contribution in [0, 0.1) is 6.92 Å². The molecule has 0 aliphatic heterocycles. The molecule has 0 bridgehead atoms. The average Bonchev–Trinajstić information content (AvgIpc) is 2.85. The van der Waals surface area contributed by atoms with Gasteiger partial charge in [-0.15, -0.1) is 0 Å². The van der Waals surface area contributed by atoms with E-state index in [4.69, 9.17) is 4.74 Å². The summed E-state index contributed by atoms with van der Waals surface area (Å²) in [6.45, 7) is 4.00. The lowest BCUT2D eigenvalue weighted by Crippen LogP contribution is -2.26. The highest BCUT2D eigenvalue weighted by atomic mass is 16.5. The number of aromatic nitrogens is 2. The SMILES string of the molecule is COc1cccc([C@@H](C)NC(=O)c2cccc(Nc3cc(-c4ccc(C)cc4)ncn3)c2)c1. The van der Waals surface area contributed by atoms with Crippen molar-refractivity contribution in [2.45, 2.75) is 19.9 Å². The van der Waals surface area contributed by atoms with Crippen molar-refractivity contribution in [3.8, 4) is 17.0 Å². The second kappa shape index (κ2) is 9.96. The van der Waals surface area contributed by atoms with Crippen molar-refractivity contribution in [1.29, 1.82) is 0 Å². The Kier molecular flexibility index (Phi) is 6.64. The Hall–Kier alpha value is -4.19. The zero-order valence-corrected chi connectivity index (χ0v) is 18.9. The molecule has 0 fully saturated rings. The van der Waals surface area contributed by atoms with Gasteiger partial charge in [0.25, 0.3) is 5.91 Å². The number of rotatable bonds is 7. The molecule has 4 aromatic rings. The van der Waals surface area contributed by atoms with Gasteiger partial charge in [0.15, 0.2) is 0 Å². The van der Waals surface area contributed by atoms with Crippen molar-refractivity contribution in [1.82, 2.24) is 15.3 Å². The fourth-order valence-electron chi connectivity index (χ4n) is 3.47. The Labute approximate surface area is 193 Å². The van der Waals surface area contributed by atoms with Crippen LogP contribution >= 0.6 is 0 Å². The highest BCUT2D eigenvalue weighted by Crippen LogP contribution is 2.23. The van der Waals surface area contributed by atoms with E-state index in [0.717, 1.165) is 28.3 Å². The van der Waals surface area contributed by atoms with E-state index in [1.165, 1.54) is 11.9 Å². The van der Waals surface area contributed by atoms with E-state index in [0.29, 0.717) is 11.4 Å². The van der Waals surface area contributed by atoms with Gasteiger partial charge in [-0.2, -0.15) is 0 Å². The molecule has 1 heterocycles. The van der Waals surface area contributed by atoms with Crippen molar-refractivity contribution >= 4 is 17.4 Å². The third-order valence-electron chi connectivity index (χ3n) is 5.35. The Bertz CT molecular complexity index is 1250. The number of amides is 1. The molecule has 0 aliphatic carbocycles. The standard InChI is InChI=1S/C27H26N4O2/c1-18-10-12-20(13-11-18)25-16-26(29-17-28-25)31-23-8-4-7-22(14-23)27(32)30-19(2)21-6-5-9-24(15-21)33-3/h4-17,19H,1-3H3,(H,30,32)(H,28,29,31)/t19-/m1/s1. The number of nitrogens with one attached hydrogen (secondary N) is 2. The fraction of sp³-hybridized carbons (Fsp3) is 0.148. The summed E-state index contributed by atoms with van der Waals surface area (Å²) in [6, 6.07) is 24.9. The zero-order valence-electron chi connectivity index (χ0n) is 18.9. The first kappa shape index (κ1) is 22.0. The molecule has 6 heteroatoms. The summed E-state index contributed by atoms with van der Waals surface area (Å²) in [4.78, 5) is 21.6. The maximum atomic E-state index is 12.9. The number of ether oxygens (including phenoxy) is 1. The number of benzene rings is 3. The van der Waals surface area contributed by atoms with Gasteiger partial charge in [0.2, 0.25) is 0 Å². The molecule has 0 saturated carbocycles. The summed E-state index contributed by atoms with van der Waals surface area (Å²) < 4.78 is 5.28. The van der Waals surface area contributed by atoms with Crippen LogP contribution in [0.2, 0.25) is 0 Å². The molecule has 0 radical (unpaired) electrons. The van der Waals surface area contributed by atoms with E-state index < -0.39 is 0 Å². The van der Waals surface area contributed by atoms with Crippen LogP contribution in [0.3, 0.4) is 0 Å². The maximum absolute atomic E-state index is 12.9. The van der Waals surface area contributed by atoms with E-state index in [1.807, 2.05) is 61.5 Å². The highest BCUT2D eigenvalue weighted by molar-refractivity contribution is 5.95. The molecule has 1 aromatic heterocycles. The number of nitrogens with zero attached hydrogens (tertiary/aromatic N) is 2. The quantitative estimate of drug-likeness (QED) is 0.387. The number of methoxy groups -OCH3 is 1. The summed E-state index contributed by atoms with van der Waals surface area (Å²) in [5.74, 6) is 1.26. The predicted octanol–water partition coefficient (Wildman–Crippen LogP) is 5.70. The Balaban J connectivity index is 1.47. The molecular formula is C27H26N4O2. The van der Waals surface area contributed by atoms with Crippen LogP contribution in [0.1, 0.15) is 34.5 Å². The van der Waals surface area contributed by atoms with E-state index in [2.05, 4.69) is 39.7 Å². The Morgan fingerprint density at radius 2 is 1.73 bits per heavy atom. The van der Waals surface area contributed by atoms with Crippen molar-refractivity contribution in [2.24, 2.45) is 0 Å². The second-order valence-electron chi connectivity index (χ2n) is 7.83. The number of carbonyl (C=O) groups excluding carboxylic acids is 1. The van der Waals surface area contributed by atoms with Crippen LogP contribution in [-0.4, -0.2) is 23.0 Å². The molecule has 0 spiro atoms. The van der Waals surface area contributed by atoms with Gasteiger partial charge >= 0.3 is 0 Å². The lowest BCUT2D eigenvalue weighted by molar-refractivity contribution is 0.0940. The van der Waals surface area contributed by atoms with E-state index in [-0.39, 0.29) is 11.9 Å². The van der Waals surface area contributed by atoms with Crippen molar-refractivity contribution in [3.63, 3.8) is 0 Å². The minimum atomic E-state index is -0.164. The highest BCUT2D eigenvalue weighted by Gasteiger charge is 2.13. The molecular weight excluding hydrogens is 412 g/mol. The number of aryl methyl sites for hydroxylation is 1. The van der Waals surface area contributed by atoms with E-state index in [9.17, 15) is 4.79 Å². The largest absolute Gasteiger partial charge is 0.497 e. The van der Waals surface area contributed by atoms with Crippen LogP contribution in [0.4, 0.5) is 11.5 Å². The average molecular weight is 439 g/mol. The van der Waals surface area contributed by atoms with Gasteiger partial charge in [-0.3, -0.25) is 4.79 Å². The summed E-state index contributed by atoms with van der Waals surface area (Å²) in [5.41, 5.74) is 5.34. The number of hydrogen-bond donors (Lipinski definition) is 2. The van der Waals surface area contributed by atoms with Crippen LogP contribution < -0.4 is 15.4 Å². The van der Waals surface area contributed by atoms with Crippen LogP contribution in [0.5, 0.6) is 5.75 Å². The molecule has 4 rings (SSSR count). The third kappa shape index (κ3) is 5.54. The molecule has 0 saturated heterocycles. The van der Waals surface area contributed by atoms with Gasteiger partial charge in [-0.1, -0.05) is 48.0 Å². The lowest BCUT2D eigenvalue weighted by atomic mass is 10.1. The second-order valence-corrected chi connectivity index (χ2v) is 7.83. The molecule has 0 unspecified atom stereocenters. The normalized spacial score (nSPS) is 11.5. The lowest BCUT2D eigenvalue weighted by Gasteiger charge is -2.16. The summed E-state index contributed by atoms with van der Waals surface area (Å²) in [6.07, 6.45) is 1.53. The molecule has 6 nitrogen and oxygen atoms in total. The van der Waals surface area contributed by atoms with Crippen LogP contribution in [0.25, 0.3) is 11.3 Å². The first-order valence-corrected chi connectivity index (χ1v) is 10.7. The van der Waals surface area contributed by atoms with Crippen LogP contribution in [0.15, 0.2) is 85.2 Å². The first-order chi connectivity index (χ1) is 16.0. The minimum absolute atomic E-state index is 0.156. The van der Waals surface area contributed by atoms with Gasteiger partial charge in [0.1, 0.15) is 17.9 Å². The minimum Gasteiger partial charge on any atom is -0.497 e. The molecule has 3 aromatic carbocycles. The molecule has 1 amide bonds. The maximum Gasteiger partial charge on any atom is 0.251 e. The van der Waals surface area contributed by atoms with Gasteiger partial charge in [0, 0.05) is 22.9 Å². The van der Waals surface area contributed by atoms with Crippen LogP contribution in [-0.2, 0) is 0 Å². The van der Waals surface area contributed by atoms with Gasteiger partial charge < -0.3 is 15.4 Å². The molecule has 33 heavy (non-hydrogen) atoms. The van der Waals surface area contributed by atoms with E-state index in [1.54, 1.807) is 19.2 Å². The van der Waals surface area contributed by atoms with Crippen molar-refractivity contribution in [3.05, 3.63) is 102 Å². The molecule has 2 N–H and O–H groups in total. The van der Waals surface area contributed by atoms with Gasteiger partial charge in [-0.25, -0.2) is 9.97 Å².